The molecule has 29 heavy (non-hydrogen) atoms. The zero-order valence-electron chi connectivity index (χ0n) is 16.2. The van der Waals surface area contributed by atoms with E-state index >= 15 is 0 Å². The van der Waals surface area contributed by atoms with Crippen LogP contribution in [0.2, 0.25) is 0 Å². The molecule has 0 saturated carbocycles. The number of nitrogens with one attached hydrogen (secondary N) is 1. The van der Waals surface area contributed by atoms with Crippen LogP contribution in [-0.2, 0) is 37.3 Å². The molecular weight excluding hydrogens is 392 g/mol. The summed E-state index contributed by atoms with van der Waals surface area (Å²) in [7, 11) is -3.73. The van der Waals surface area contributed by atoms with E-state index in [-0.39, 0.29) is 36.2 Å². The number of sulfonamides is 1. The predicted octanol–water partition coefficient (Wildman–Crippen LogP) is 2.30. The van der Waals surface area contributed by atoms with Gasteiger partial charge in [-0.1, -0.05) is 42.5 Å². The molecule has 0 saturated heterocycles. The van der Waals surface area contributed by atoms with Crippen LogP contribution < -0.4 is 10.5 Å². The maximum Gasteiger partial charge on any atom is 0.305 e. The van der Waals surface area contributed by atoms with E-state index in [1.165, 1.54) is 17.7 Å². The Kier molecular flexibility index (Phi) is 8.82. The predicted molar refractivity (Wildman–Crippen MR) is 109 cm³/mol. The van der Waals surface area contributed by atoms with Gasteiger partial charge in [0.15, 0.2) is 0 Å². The van der Waals surface area contributed by atoms with Gasteiger partial charge in [0.2, 0.25) is 15.9 Å². The Morgan fingerprint density at radius 2 is 1.59 bits per heavy atom. The number of hydrogen-bond acceptors (Lipinski definition) is 5. The van der Waals surface area contributed by atoms with Crippen molar-refractivity contribution < 1.29 is 22.7 Å². The van der Waals surface area contributed by atoms with Crippen LogP contribution >= 0.6 is 0 Å². The number of ether oxygens (including phenoxy) is 1. The van der Waals surface area contributed by atoms with Crippen LogP contribution in [0.3, 0.4) is 0 Å². The minimum atomic E-state index is -3.73. The average Bonchev–Trinajstić information content (AvgIpc) is 2.70. The number of benzene rings is 2. The summed E-state index contributed by atoms with van der Waals surface area (Å²) in [4.78, 5) is 23.6. The van der Waals surface area contributed by atoms with Gasteiger partial charge in [0.25, 0.3) is 0 Å². The number of primary sulfonamides is 1. The van der Waals surface area contributed by atoms with E-state index < -0.39 is 10.0 Å². The van der Waals surface area contributed by atoms with Gasteiger partial charge in [-0.3, -0.25) is 9.59 Å². The molecule has 8 heteroatoms. The summed E-state index contributed by atoms with van der Waals surface area (Å²) in [6.07, 6.45) is 2.44. The first-order chi connectivity index (χ1) is 13.8. The highest BCUT2D eigenvalue weighted by atomic mass is 32.2. The van der Waals surface area contributed by atoms with Crippen LogP contribution in [0.4, 0.5) is 0 Å². The molecule has 0 aliphatic carbocycles. The number of nitrogens with two attached hydrogens (primary N) is 1. The number of carbonyl (C=O) groups is 2. The van der Waals surface area contributed by atoms with Crippen molar-refractivity contribution in [2.24, 2.45) is 5.14 Å². The van der Waals surface area contributed by atoms with Gasteiger partial charge in [-0.05, 0) is 42.5 Å². The molecule has 0 bridgehead atoms. The van der Waals surface area contributed by atoms with E-state index in [0.717, 1.165) is 18.4 Å². The monoisotopic (exact) mass is 418 g/mol. The Hall–Kier alpha value is -2.71. The van der Waals surface area contributed by atoms with Crippen molar-refractivity contribution in [3.63, 3.8) is 0 Å². The Bertz CT molecular complexity index is 896. The van der Waals surface area contributed by atoms with Crippen LogP contribution in [0, 0.1) is 0 Å². The lowest BCUT2D eigenvalue weighted by atomic mass is 10.1. The van der Waals surface area contributed by atoms with E-state index in [1.54, 1.807) is 12.1 Å². The number of aryl methyl sites for hydroxylation is 1. The molecule has 0 radical (unpaired) electrons. The average molecular weight is 419 g/mol. The molecule has 2 aromatic carbocycles. The van der Waals surface area contributed by atoms with Gasteiger partial charge >= 0.3 is 5.97 Å². The number of amides is 1. The number of carbonyl (C=O) groups excluding carboxylic acids is 2. The highest BCUT2D eigenvalue weighted by Gasteiger charge is 2.08. The second-order valence-electron chi connectivity index (χ2n) is 6.63. The van der Waals surface area contributed by atoms with E-state index in [9.17, 15) is 18.0 Å². The Labute approximate surface area is 171 Å². The molecule has 2 aromatic rings. The zero-order chi connectivity index (χ0) is 21.1. The van der Waals surface area contributed by atoms with Crippen LogP contribution in [0.5, 0.6) is 0 Å². The van der Waals surface area contributed by atoms with Crippen LogP contribution in [0.15, 0.2) is 59.5 Å². The molecule has 7 nitrogen and oxygen atoms in total. The highest BCUT2D eigenvalue weighted by molar-refractivity contribution is 7.89. The summed E-state index contributed by atoms with van der Waals surface area (Å²) in [6.45, 7) is 0.641. The van der Waals surface area contributed by atoms with Crippen molar-refractivity contribution in [3.05, 3.63) is 65.7 Å². The first-order valence-electron chi connectivity index (χ1n) is 9.42. The summed E-state index contributed by atoms with van der Waals surface area (Å²) >= 11 is 0. The summed E-state index contributed by atoms with van der Waals surface area (Å²) in [5.74, 6) is -0.484. The van der Waals surface area contributed by atoms with Crippen molar-refractivity contribution in [3.8, 4) is 0 Å². The Morgan fingerprint density at radius 1 is 0.897 bits per heavy atom. The van der Waals surface area contributed by atoms with Gasteiger partial charge in [-0.2, -0.15) is 0 Å². The first kappa shape index (κ1) is 22.6. The van der Waals surface area contributed by atoms with Gasteiger partial charge in [-0.25, -0.2) is 13.6 Å². The number of esters is 1. The van der Waals surface area contributed by atoms with E-state index in [0.29, 0.717) is 13.0 Å². The third kappa shape index (κ3) is 8.89. The molecule has 156 valence electrons. The lowest BCUT2D eigenvalue weighted by Gasteiger charge is -2.07. The summed E-state index contributed by atoms with van der Waals surface area (Å²) in [6, 6.07) is 16.0. The zero-order valence-corrected chi connectivity index (χ0v) is 17.0. The summed E-state index contributed by atoms with van der Waals surface area (Å²) < 4.78 is 27.6. The van der Waals surface area contributed by atoms with Gasteiger partial charge in [0.05, 0.1) is 11.5 Å². The first-order valence-corrected chi connectivity index (χ1v) is 11.0. The molecular formula is C21H26N2O5S. The van der Waals surface area contributed by atoms with E-state index in [1.807, 2.05) is 30.3 Å². The fourth-order valence-electron chi connectivity index (χ4n) is 2.66. The maximum absolute atomic E-state index is 11.9. The van der Waals surface area contributed by atoms with Crippen molar-refractivity contribution in [2.75, 3.05) is 6.61 Å². The lowest BCUT2D eigenvalue weighted by Crippen LogP contribution is -2.22. The van der Waals surface area contributed by atoms with Gasteiger partial charge < -0.3 is 10.1 Å². The topological polar surface area (TPSA) is 116 Å². The molecule has 0 spiro atoms. The minimum absolute atomic E-state index is 0.0230. The fraction of sp³-hybridized carbons (Fsp3) is 0.333. The SMILES string of the molecule is NS(=O)(=O)c1ccc(CNC(=O)CCCC(=O)OCCCc2ccccc2)cc1. The molecule has 0 fully saturated rings. The van der Waals surface area contributed by atoms with Gasteiger partial charge in [0.1, 0.15) is 0 Å². The Morgan fingerprint density at radius 3 is 2.24 bits per heavy atom. The molecule has 0 aromatic heterocycles. The molecule has 2 rings (SSSR count). The van der Waals surface area contributed by atoms with E-state index in [2.05, 4.69) is 5.32 Å². The summed E-state index contributed by atoms with van der Waals surface area (Å²) in [5.41, 5.74) is 1.96. The van der Waals surface area contributed by atoms with Crippen LogP contribution in [-0.4, -0.2) is 26.9 Å². The number of hydrogen-bond donors (Lipinski definition) is 2. The van der Waals surface area contributed by atoms with E-state index in [4.69, 9.17) is 9.88 Å². The molecule has 3 N–H and O–H groups in total. The molecule has 1 amide bonds. The quantitative estimate of drug-likeness (QED) is 0.429. The largest absolute Gasteiger partial charge is 0.466 e. The smallest absolute Gasteiger partial charge is 0.305 e. The van der Waals surface area contributed by atoms with Crippen molar-refractivity contribution in [1.29, 1.82) is 0 Å². The molecule has 0 atom stereocenters. The maximum atomic E-state index is 11.9. The minimum Gasteiger partial charge on any atom is -0.466 e. The molecule has 0 heterocycles. The van der Waals surface area contributed by atoms with Crippen molar-refractivity contribution in [1.82, 2.24) is 5.32 Å². The van der Waals surface area contributed by atoms with Gasteiger partial charge in [-0.15, -0.1) is 0 Å². The van der Waals surface area contributed by atoms with Crippen molar-refractivity contribution >= 4 is 21.9 Å². The second-order valence-corrected chi connectivity index (χ2v) is 8.19. The standard InChI is InChI=1S/C21H26N2O5S/c22-29(26,27)19-13-11-18(12-14-19)16-23-20(24)9-4-10-21(25)28-15-5-8-17-6-2-1-3-7-17/h1-3,6-7,11-14H,4-5,8-10,15-16H2,(H,23,24)(H2,22,26,27). The van der Waals surface area contributed by atoms with Crippen molar-refractivity contribution in [2.45, 2.75) is 43.5 Å². The summed E-state index contributed by atoms with van der Waals surface area (Å²) in [5, 5.41) is 7.77. The second kappa shape index (κ2) is 11.3. The third-order valence-corrected chi connectivity index (χ3v) is 5.17. The molecule has 0 aliphatic rings. The highest BCUT2D eigenvalue weighted by Crippen LogP contribution is 2.09. The molecule has 0 aliphatic heterocycles. The molecule has 0 unspecified atom stereocenters. The number of rotatable bonds is 11. The lowest BCUT2D eigenvalue weighted by molar-refractivity contribution is -0.143. The normalized spacial score (nSPS) is 11.1. The van der Waals surface area contributed by atoms with Crippen LogP contribution in [0.25, 0.3) is 0 Å². The Balaban J connectivity index is 1.56. The van der Waals surface area contributed by atoms with Crippen LogP contribution in [0.1, 0.15) is 36.8 Å². The fourth-order valence-corrected chi connectivity index (χ4v) is 3.17. The van der Waals surface area contributed by atoms with Gasteiger partial charge in [0, 0.05) is 19.4 Å². The third-order valence-electron chi connectivity index (χ3n) is 4.24.